The third-order valence-corrected chi connectivity index (χ3v) is 2.57. The predicted molar refractivity (Wildman–Crippen MR) is 72.3 cm³/mol. The number of carboxylic acids is 1. The number of carbonyl (C=O) groups excluding carboxylic acids is 2. The standard InChI is InChI=1S/C12H13ClFN3O4/c13-8-3-7(1-2-9(8)14)4-16-12(21)17-5-10(18)15-6-11(19)20/h1-3H,4-6H2,(H,15,18)(H,19,20)(H2,16,17,21). The number of halogens is 2. The molecule has 7 nitrogen and oxygen atoms in total. The number of aliphatic carboxylic acids is 1. The third-order valence-electron chi connectivity index (χ3n) is 2.28. The van der Waals surface area contributed by atoms with Crippen molar-refractivity contribution in [1.82, 2.24) is 16.0 Å². The van der Waals surface area contributed by atoms with Crippen molar-refractivity contribution in [2.24, 2.45) is 0 Å². The molecule has 0 spiro atoms. The average Bonchev–Trinajstić information content (AvgIpc) is 2.44. The van der Waals surface area contributed by atoms with Crippen molar-refractivity contribution in [1.29, 1.82) is 0 Å². The molecule has 9 heteroatoms. The van der Waals surface area contributed by atoms with Gasteiger partial charge in [0.1, 0.15) is 12.4 Å². The molecule has 0 heterocycles. The van der Waals surface area contributed by atoms with Crippen molar-refractivity contribution in [2.45, 2.75) is 6.54 Å². The molecule has 0 bridgehead atoms. The van der Waals surface area contributed by atoms with E-state index < -0.39 is 30.3 Å². The maximum Gasteiger partial charge on any atom is 0.322 e. The molecule has 0 aliphatic heterocycles. The minimum atomic E-state index is -1.18. The van der Waals surface area contributed by atoms with Gasteiger partial charge in [-0.05, 0) is 17.7 Å². The number of amides is 3. The summed E-state index contributed by atoms with van der Waals surface area (Å²) >= 11 is 5.59. The number of carboxylic acid groups (broad SMARTS) is 1. The summed E-state index contributed by atoms with van der Waals surface area (Å²) in [5.41, 5.74) is 0.590. The lowest BCUT2D eigenvalue weighted by molar-refractivity contribution is -0.137. The number of nitrogens with one attached hydrogen (secondary N) is 3. The number of benzene rings is 1. The van der Waals surface area contributed by atoms with Crippen LogP contribution in [0.25, 0.3) is 0 Å². The highest BCUT2D eigenvalue weighted by atomic mass is 35.5. The Morgan fingerprint density at radius 1 is 1.14 bits per heavy atom. The van der Waals surface area contributed by atoms with Crippen LogP contribution in [0.4, 0.5) is 9.18 Å². The summed E-state index contributed by atoms with van der Waals surface area (Å²) in [6, 6.07) is 3.38. The van der Waals surface area contributed by atoms with Crippen molar-refractivity contribution in [3.05, 3.63) is 34.6 Å². The van der Waals surface area contributed by atoms with E-state index in [0.717, 1.165) is 0 Å². The number of hydrogen-bond acceptors (Lipinski definition) is 3. The summed E-state index contributed by atoms with van der Waals surface area (Å²) in [5, 5.41) is 15.1. The second kappa shape index (κ2) is 8.05. The fourth-order valence-corrected chi connectivity index (χ4v) is 1.49. The van der Waals surface area contributed by atoms with E-state index in [0.29, 0.717) is 5.56 Å². The monoisotopic (exact) mass is 317 g/mol. The molecular weight excluding hydrogens is 305 g/mol. The second-order valence-corrected chi connectivity index (χ2v) is 4.36. The van der Waals surface area contributed by atoms with Crippen molar-refractivity contribution in [3.63, 3.8) is 0 Å². The van der Waals surface area contributed by atoms with Crippen LogP contribution in [-0.2, 0) is 16.1 Å². The first-order chi connectivity index (χ1) is 9.88. The molecule has 4 N–H and O–H groups in total. The van der Waals surface area contributed by atoms with E-state index >= 15 is 0 Å². The van der Waals surface area contributed by atoms with E-state index in [1.807, 2.05) is 0 Å². The third kappa shape index (κ3) is 6.57. The lowest BCUT2D eigenvalue weighted by Crippen LogP contribution is -2.42. The Labute approximate surface area is 124 Å². The van der Waals surface area contributed by atoms with Crippen molar-refractivity contribution in [3.8, 4) is 0 Å². The lowest BCUT2D eigenvalue weighted by atomic mass is 10.2. The molecule has 0 unspecified atom stereocenters. The van der Waals surface area contributed by atoms with Gasteiger partial charge in [0.05, 0.1) is 11.6 Å². The topological polar surface area (TPSA) is 108 Å². The fraction of sp³-hybridized carbons (Fsp3) is 0.250. The zero-order valence-electron chi connectivity index (χ0n) is 10.8. The zero-order valence-corrected chi connectivity index (χ0v) is 11.5. The molecule has 1 aromatic rings. The van der Waals surface area contributed by atoms with Gasteiger partial charge >= 0.3 is 12.0 Å². The molecule has 0 saturated carbocycles. The van der Waals surface area contributed by atoms with Crippen LogP contribution in [0.5, 0.6) is 0 Å². The van der Waals surface area contributed by atoms with Crippen LogP contribution in [0.1, 0.15) is 5.56 Å². The minimum Gasteiger partial charge on any atom is -0.480 e. The molecule has 0 aliphatic carbocycles. The average molecular weight is 318 g/mol. The highest BCUT2D eigenvalue weighted by molar-refractivity contribution is 6.30. The molecule has 114 valence electrons. The molecular formula is C12H13ClFN3O4. The number of hydrogen-bond donors (Lipinski definition) is 4. The molecule has 1 rings (SSSR count). The molecule has 0 atom stereocenters. The van der Waals surface area contributed by atoms with Gasteiger partial charge in [-0.15, -0.1) is 0 Å². The SMILES string of the molecule is O=C(O)CNC(=O)CNC(=O)NCc1ccc(F)c(Cl)c1. The van der Waals surface area contributed by atoms with Gasteiger partial charge in [0.2, 0.25) is 5.91 Å². The van der Waals surface area contributed by atoms with Crippen LogP contribution < -0.4 is 16.0 Å². The zero-order chi connectivity index (χ0) is 15.8. The Hall–Kier alpha value is -2.35. The van der Waals surface area contributed by atoms with E-state index in [-0.39, 0.29) is 18.1 Å². The fourth-order valence-electron chi connectivity index (χ4n) is 1.29. The summed E-state index contributed by atoms with van der Waals surface area (Å²) in [4.78, 5) is 32.7. The largest absolute Gasteiger partial charge is 0.480 e. The summed E-state index contributed by atoms with van der Waals surface area (Å²) in [5.74, 6) is -2.36. The second-order valence-electron chi connectivity index (χ2n) is 3.96. The first kappa shape index (κ1) is 16.7. The van der Waals surface area contributed by atoms with Gasteiger partial charge < -0.3 is 21.1 Å². The van der Waals surface area contributed by atoms with Crippen molar-refractivity contribution >= 4 is 29.5 Å². The molecule has 0 saturated heterocycles. The summed E-state index contributed by atoms with van der Waals surface area (Å²) in [7, 11) is 0. The van der Waals surface area contributed by atoms with Gasteiger partial charge in [0.15, 0.2) is 0 Å². The highest BCUT2D eigenvalue weighted by Crippen LogP contribution is 2.15. The highest BCUT2D eigenvalue weighted by Gasteiger charge is 2.07. The smallest absolute Gasteiger partial charge is 0.322 e. The van der Waals surface area contributed by atoms with Gasteiger partial charge in [-0.2, -0.15) is 0 Å². The van der Waals surface area contributed by atoms with E-state index in [4.69, 9.17) is 16.7 Å². The maximum atomic E-state index is 12.9. The Morgan fingerprint density at radius 2 is 1.86 bits per heavy atom. The van der Waals surface area contributed by atoms with Crippen LogP contribution in [0.2, 0.25) is 5.02 Å². The van der Waals surface area contributed by atoms with Gasteiger partial charge in [-0.1, -0.05) is 17.7 Å². The maximum absolute atomic E-state index is 12.9. The van der Waals surface area contributed by atoms with Crippen molar-refractivity contribution in [2.75, 3.05) is 13.1 Å². The molecule has 0 aromatic heterocycles. The number of rotatable bonds is 6. The van der Waals surface area contributed by atoms with Crippen LogP contribution in [0.3, 0.4) is 0 Å². The quantitative estimate of drug-likeness (QED) is 0.612. The van der Waals surface area contributed by atoms with Crippen LogP contribution in [-0.4, -0.2) is 36.1 Å². The lowest BCUT2D eigenvalue weighted by Gasteiger charge is -2.08. The van der Waals surface area contributed by atoms with Crippen LogP contribution >= 0.6 is 11.6 Å². The normalized spacial score (nSPS) is 9.81. The molecule has 3 amide bonds. The minimum absolute atomic E-state index is 0.0530. The van der Waals surface area contributed by atoms with Crippen LogP contribution in [0.15, 0.2) is 18.2 Å². The van der Waals surface area contributed by atoms with E-state index in [1.54, 1.807) is 0 Å². The summed E-state index contributed by atoms with van der Waals surface area (Å²) < 4.78 is 12.9. The number of carbonyl (C=O) groups is 3. The first-order valence-corrected chi connectivity index (χ1v) is 6.20. The Morgan fingerprint density at radius 3 is 2.48 bits per heavy atom. The molecule has 0 fully saturated rings. The summed E-state index contributed by atoms with van der Waals surface area (Å²) in [6.45, 7) is -0.776. The van der Waals surface area contributed by atoms with Gasteiger partial charge in [-0.3, -0.25) is 9.59 Å². The van der Waals surface area contributed by atoms with Gasteiger partial charge in [0.25, 0.3) is 0 Å². The number of urea groups is 1. The Kier molecular flexibility index (Phi) is 6.41. The molecule has 1 aromatic carbocycles. The van der Waals surface area contributed by atoms with E-state index in [2.05, 4.69) is 16.0 Å². The van der Waals surface area contributed by atoms with E-state index in [9.17, 15) is 18.8 Å². The van der Waals surface area contributed by atoms with Crippen molar-refractivity contribution < 1.29 is 23.9 Å². The Bertz CT molecular complexity index is 553. The Balaban J connectivity index is 2.29. The van der Waals surface area contributed by atoms with Gasteiger partial charge in [0, 0.05) is 6.54 Å². The summed E-state index contributed by atoms with van der Waals surface area (Å²) in [6.07, 6.45) is 0. The van der Waals surface area contributed by atoms with Gasteiger partial charge in [-0.25, -0.2) is 9.18 Å². The van der Waals surface area contributed by atoms with E-state index in [1.165, 1.54) is 18.2 Å². The molecule has 0 aliphatic rings. The predicted octanol–water partition coefficient (Wildman–Crippen LogP) is 0.479. The first-order valence-electron chi connectivity index (χ1n) is 5.82. The molecule has 0 radical (unpaired) electrons. The molecule has 21 heavy (non-hydrogen) atoms. The van der Waals surface area contributed by atoms with Crippen LogP contribution in [0, 0.1) is 5.82 Å².